The Morgan fingerprint density at radius 3 is 2.58 bits per heavy atom. The van der Waals surface area contributed by atoms with Crippen LogP contribution in [0.5, 0.6) is 11.5 Å². The van der Waals surface area contributed by atoms with Crippen LogP contribution in [0.4, 0.5) is 0 Å². The van der Waals surface area contributed by atoms with Crippen molar-refractivity contribution in [3.05, 3.63) is 36.7 Å². The monoisotopic (exact) mass is 255 g/mol. The molecule has 0 bridgehead atoms. The SMILES string of the molecule is COc1cc2nc(-c3cccnc3)[nH]c2cc1OC. The second kappa shape index (κ2) is 4.61. The number of rotatable bonds is 3. The Bertz CT molecular complexity index is 666. The number of aromatic nitrogens is 3. The van der Waals surface area contributed by atoms with Crippen molar-refractivity contribution in [3.63, 3.8) is 0 Å². The molecule has 1 N–H and O–H groups in total. The maximum absolute atomic E-state index is 5.27. The fourth-order valence-corrected chi connectivity index (χ4v) is 1.98. The van der Waals surface area contributed by atoms with Crippen LogP contribution in [-0.4, -0.2) is 29.2 Å². The van der Waals surface area contributed by atoms with E-state index >= 15 is 0 Å². The first-order valence-corrected chi connectivity index (χ1v) is 5.84. The van der Waals surface area contributed by atoms with Crippen LogP contribution in [0.3, 0.4) is 0 Å². The summed E-state index contributed by atoms with van der Waals surface area (Å²) >= 11 is 0. The number of nitrogens with zero attached hydrogens (tertiary/aromatic N) is 2. The van der Waals surface area contributed by atoms with Gasteiger partial charge in [-0.15, -0.1) is 0 Å². The molecule has 0 aliphatic carbocycles. The molecule has 1 aromatic carbocycles. The molecule has 0 amide bonds. The van der Waals surface area contributed by atoms with E-state index in [1.54, 1.807) is 26.6 Å². The number of hydrogen-bond acceptors (Lipinski definition) is 4. The average molecular weight is 255 g/mol. The molecule has 0 aliphatic heterocycles. The van der Waals surface area contributed by atoms with Gasteiger partial charge in [-0.25, -0.2) is 4.98 Å². The standard InChI is InChI=1S/C14H13N3O2/c1-18-12-6-10-11(7-13(12)19-2)17-14(16-10)9-4-3-5-15-8-9/h3-8H,1-2H3,(H,16,17). The Balaban J connectivity index is 2.16. The van der Waals surface area contributed by atoms with Gasteiger partial charge in [0.25, 0.3) is 0 Å². The van der Waals surface area contributed by atoms with Gasteiger partial charge in [-0.05, 0) is 12.1 Å². The highest BCUT2D eigenvalue weighted by Gasteiger charge is 2.10. The second-order valence-electron chi connectivity index (χ2n) is 4.05. The van der Waals surface area contributed by atoms with Crippen molar-refractivity contribution in [2.24, 2.45) is 0 Å². The van der Waals surface area contributed by atoms with Crippen LogP contribution in [0.25, 0.3) is 22.4 Å². The summed E-state index contributed by atoms with van der Waals surface area (Å²) in [5.74, 6) is 2.12. The summed E-state index contributed by atoms with van der Waals surface area (Å²) in [7, 11) is 3.22. The Morgan fingerprint density at radius 2 is 1.89 bits per heavy atom. The molecule has 0 saturated heterocycles. The van der Waals surface area contributed by atoms with Crippen molar-refractivity contribution in [3.8, 4) is 22.9 Å². The average Bonchev–Trinajstić information content (AvgIpc) is 2.89. The smallest absolute Gasteiger partial charge is 0.163 e. The van der Waals surface area contributed by atoms with Crippen molar-refractivity contribution in [2.75, 3.05) is 14.2 Å². The van der Waals surface area contributed by atoms with Crippen LogP contribution >= 0.6 is 0 Å². The van der Waals surface area contributed by atoms with E-state index in [4.69, 9.17) is 9.47 Å². The van der Waals surface area contributed by atoms with Gasteiger partial charge in [0.15, 0.2) is 11.5 Å². The summed E-state index contributed by atoms with van der Waals surface area (Å²) in [6, 6.07) is 7.56. The summed E-state index contributed by atoms with van der Waals surface area (Å²) in [5, 5.41) is 0. The molecular weight excluding hydrogens is 242 g/mol. The molecule has 0 spiro atoms. The van der Waals surface area contributed by atoms with Crippen molar-refractivity contribution in [1.82, 2.24) is 15.0 Å². The minimum atomic E-state index is 0.666. The molecule has 0 radical (unpaired) electrons. The third-order valence-electron chi connectivity index (χ3n) is 2.92. The molecule has 0 aliphatic rings. The fourth-order valence-electron chi connectivity index (χ4n) is 1.98. The molecule has 3 rings (SSSR count). The highest BCUT2D eigenvalue weighted by molar-refractivity contribution is 5.82. The van der Waals surface area contributed by atoms with Crippen molar-refractivity contribution in [1.29, 1.82) is 0 Å². The molecule has 3 aromatic rings. The molecular formula is C14H13N3O2. The van der Waals surface area contributed by atoms with Gasteiger partial charge in [-0.3, -0.25) is 4.98 Å². The largest absolute Gasteiger partial charge is 0.493 e. The Kier molecular flexibility index (Phi) is 2.79. The number of benzene rings is 1. The van der Waals surface area contributed by atoms with Crippen LogP contribution in [0, 0.1) is 0 Å². The fraction of sp³-hybridized carbons (Fsp3) is 0.143. The Hall–Kier alpha value is -2.56. The molecule has 5 heteroatoms. The maximum atomic E-state index is 5.27. The zero-order chi connectivity index (χ0) is 13.2. The van der Waals surface area contributed by atoms with Crippen molar-refractivity contribution >= 4 is 11.0 Å². The van der Waals surface area contributed by atoms with E-state index in [-0.39, 0.29) is 0 Å². The number of nitrogens with one attached hydrogen (secondary N) is 1. The van der Waals surface area contributed by atoms with Gasteiger partial charge >= 0.3 is 0 Å². The molecule has 0 fully saturated rings. The predicted molar refractivity (Wildman–Crippen MR) is 72.4 cm³/mol. The first-order chi connectivity index (χ1) is 9.31. The van der Waals surface area contributed by atoms with E-state index in [0.717, 1.165) is 22.4 Å². The minimum absolute atomic E-state index is 0.666. The third kappa shape index (κ3) is 1.99. The van der Waals surface area contributed by atoms with E-state index in [1.165, 1.54) is 0 Å². The molecule has 0 saturated carbocycles. The number of H-pyrrole nitrogens is 1. The summed E-state index contributed by atoms with van der Waals surface area (Å²) in [4.78, 5) is 11.9. The molecule has 0 unspecified atom stereocenters. The number of pyridine rings is 1. The van der Waals surface area contributed by atoms with Gasteiger partial charge in [0.2, 0.25) is 0 Å². The van der Waals surface area contributed by atoms with E-state index < -0.39 is 0 Å². The zero-order valence-electron chi connectivity index (χ0n) is 10.7. The van der Waals surface area contributed by atoms with Crippen LogP contribution in [0.2, 0.25) is 0 Å². The molecule has 96 valence electrons. The van der Waals surface area contributed by atoms with Crippen molar-refractivity contribution in [2.45, 2.75) is 0 Å². The van der Waals surface area contributed by atoms with Gasteiger partial charge in [0.05, 0.1) is 25.3 Å². The van der Waals surface area contributed by atoms with Gasteiger partial charge in [-0.2, -0.15) is 0 Å². The van der Waals surface area contributed by atoms with E-state index in [0.29, 0.717) is 11.5 Å². The first kappa shape index (κ1) is 11.5. The molecule has 2 aromatic heterocycles. The van der Waals surface area contributed by atoms with Crippen LogP contribution in [0.15, 0.2) is 36.7 Å². The van der Waals surface area contributed by atoms with Gasteiger partial charge < -0.3 is 14.5 Å². The lowest BCUT2D eigenvalue weighted by molar-refractivity contribution is 0.356. The lowest BCUT2D eigenvalue weighted by Crippen LogP contribution is -1.89. The quantitative estimate of drug-likeness (QED) is 0.781. The third-order valence-corrected chi connectivity index (χ3v) is 2.92. The van der Waals surface area contributed by atoms with Gasteiger partial charge in [0.1, 0.15) is 5.82 Å². The highest BCUT2D eigenvalue weighted by atomic mass is 16.5. The van der Waals surface area contributed by atoms with Crippen LogP contribution < -0.4 is 9.47 Å². The van der Waals surface area contributed by atoms with Crippen LogP contribution in [-0.2, 0) is 0 Å². The normalized spacial score (nSPS) is 10.6. The van der Waals surface area contributed by atoms with E-state index in [1.807, 2.05) is 24.3 Å². The van der Waals surface area contributed by atoms with E-state index in [9.17, 15) is 0 Å². The molecule has 0 atom stereocenters. The number of methoxy groups -OCH3 is 2. The number of imidazole rings is 1. The zero-order valence-corrected chi connectivity index (χ0v) is 10.7. The van der Waals surface area contributed by atoms with Crippen molar-refractivity contribution < 1.29 is 9.47 Å². The summed E-state index contributed by atoms with van der Waals surface area (Å²) in [6.45, 7) is 0. The summed E-state index contributed by atoms with van der Waals surface area (Å²) in [6.07, 6.45) is 3.50. The highest BCUT2D eigenvalue weighted by Crippen LogP contribution is 2.32. The van der Waals surface area contributed by atoms with Crippen LogP contribution in [0.1, 0.15) is 0 Å². The maximum Gasteiger partial charge on any atom is 0.163 e. The minimum Gasteiger partial charge on any atom is -0.493 e. The number of aromatic amines is 1. The Morgan fingerprint density at radius 1 is 1.11 bits per heavy atom. The lowest BCUT2D eigenvalue weighted by Gasteiger charge is -2.06. The summed E-state index contributed by atoms with van der Waals surface area (Å²) in [5.41, 5.74) is 2.67. The predicted octanol–water partition coefficient (Wildman–Crippen LogP) is 2.64. The van der Waals surface area contributed by atoms with E-state index in [2.05, 4.69) is 15.0 Å². The lowest BCUT2D eigenvalue weighted by atomic mass is 10.3. The topological polar surface area (TPSA) is 60.0 Å². The second-order valence-corrected chi connectivity index (χ2v) is 4.05. The van der Waals surface area contributed by atoms with Gasteiger partial charge in [0, 0.05) is 30.1 Å². The molecule has 2 heterocycles. The summed E-state index contributed by atoms with van der Waals surface area (Å²) < 4.78 is 10.5. The van der Waals surface area contributed by atoms with Gasteiger partial charge in [-0.1, -0.05) is 0 Å². The Labute approximate surface area is 110 Å². The number of ether oxygens (including phenoxy) is 2. The first-order valence-electron chi connectivity index (χ1n) is 5.84. The molecule has 19 heavy (non-hydrogen) atoms. The molecule has 5 nitrogen and oxygen atoms in total. The number of hydrogen-bond donors (Lipinski definition) is 1. The number of fused-ring (bicyclic) bond motifs is 1.